The van der Waals surface area contributed by atoms with Crippen LogP contribution in [0.3, 0.4) is 0 Å². The smallest absolute Gasteiger partial charge is 0.260 e. The number of aromatic amines is 1. The van der Waals surface area contributed by atoms with Gasteiger partial charge in [0.1, 0.15) is 16.4 Å². The van der Waals surface area contributed by atoms with Crippen molar-refractivity contribution in [3.63, 3.8) is 0 Å². The van der Waals surface area contributed by atoms with E-state index < -0.39 is 0 Å². The van der Waals surface area contributed by atoms with Gasteiger partial charge < -0.3 is 27.5 Å². The fraction of sp³-hybridized carbons (Fsp3) is 0.105. The van der Waals surface area contributed by atoms with Crippen molar-refractivity contribution >= 4 is 50.1 Å². The maximum atomic E-state index is 12.6. The molecule has 150 valence electrons. The van der Waals surface area contributed by atoms with Crippen molar-refractivity contribution in [2.24, 2.45) is 10.7 Å². The molecule has 0 saturated heterocycles. The summed E-state index contributed by atoms with van der Waals surface area (Å²) < 4.78 is 5.22. The van der Waals surface area contributed by atoms with Crippen LogP contribution in [0, 0.1) is 0 Å². The van der Waals surface area contributed by atoms with E-state index in [0.717, 1.165) is 16.9 Å². The Kier molecular flexibility index (Phi) is 7.02. The predicted molar refractivity (Wildman–Crippen MR) is 116 cm³/mol. The highest BCUT2D eigenvalue weighted by Gasteiger charge is 2.13. The first-order chi connectivity index (χ1) is 13.6. The highest BCUT2D eigenvalue weighted by molar-refractivity contribution is 8.13. The van der Waals surface area contributed by atoms with Crippen LogP contribution < -0.4 is 23.7 Å². The van der Waals surface area contributed by atoms with Crippen LogP contribution >= 0.6 is 34.7 Å². The molecule has 0 bridgehead atoms. The number of nitrogens with one attached hydrogen (secondary N) is 1. The molecule has 4 rings (SSSR count). The van der Waals surface area contributed by atoms with E-state index in [1.54, 1.807) is 24.5 Å². The van der Waals surface area contributed by atoms with Crippen LogP contribution in [-0.2, 0) is 12.3 Å². The molecule has 1 aromatic carbocycles. The van der Waals surface area contributed by atoms with Crippen LogP contribution in [0.15, 0.2) is 62.2 Å². The third-order valence-electron chi connectivity index (χ3n) is 3.98. The lowest BCUT2D eigenvalue weighted by atomic mass is 10.1. The summed E-state index contributed by atoms with van der Waals surface area (Å²) in [4.78, 5) is 25.0. The van der Waals surface area contributed by atoms with E-state index in [-0.39, 0.29) is 18.0 Å². The van der Waals surface area contributed by atoms with Crippen LogP contribution in [0.2, 0.25) is 5.02 Å². The number of halogens is 2. The predicted octanol–water partition coefficient (Wildman–Crippen LogP) is 1.65. The quantitative estimate of drug-likeness (QED) is 0.345. The summed E-state index contributed by atoms with van der Waals surface area (Å²) in [7, 11) is 0. The topological polar surface area (TPSA) is 97.3 Å². The number of fused-ring (bicyclic) bond motifs is 1. The minimum absolute atomic E-state index is 0. The van der Waals surface area contributed by atoms with Gasteiger partial charge >= 0.3 is 0 Å². The van der Waals surface area contributed by atoms with Gasteiger partial charge in [0, 0.05) is 16.0 Å². The number of amidine groups is 1. The number of rotatable bonds is 5. The summed E-state index contributed by atoms with van der Waals surface area (Å²) in [5.74, 6) is 1.72. The summed E-state index contributed by atoms with van der Waals surface area (Å²) in [5, 5.41) is 3.58. The molecule has 3 heterocycles. The van der Waals surface area contributed by atoms with Crippen molar-refractivity contribution in [1.82, 2.24) is 9.97 Å². The Bertz CT molecular complexity index is 1190. The molecule has 10 heteroatoms. The lowest BCUT2D eigenvalue weighted by Gasteiger charge is -2.03. The Labute approximate surface area is 185 Å². The first-order valence-electron chi connectivity index (χ1n) is 8.31. The van der Waals surface area contributed by atoms with Gasteiger partial charge in [0.15, 0.2) is 5.17 Å². The average Bonchev–Trinajstić information content (AvgIpc) is 3.35. The number of hydrogen-bond donors (Lipinski definition) is 2. The van der Waals surface area contributed by atoms with Crippen molar-refractivity contribution in [3.05, 3.63) is 75.0 Å². The molecular weight excluding hydrogens is 451 g/mol. The molecule has 0 amide bonds. The van der Waals surface area contributed by atoms with E-state index >= 15 is 0 Å². The summed E-state index contributed by atoms with van der Waals surface area (Å²) in [6.07, 6.45) is 1.59. The van der Waals surface area contributed by atoms with Gasteiger partial charge in [-0.3, -0.25) is 9.79 Å². The van der Waals surface area contributed by atoms with Gasteiger partial charge in [-0.05, 0) is 29.8 Å². The van der Waals surface area contributed by atoms with E-state index in [9.17, 15) is 4.79 Å². The summed E-state index contributed by atoms with van der Waals surface area (Å²) >= 11 is 8.70. The second kappa shape index (κ2) is 9.49. The molecule has 0 fully saturated rings. The minimum Gasteiger partial charge on any atom is -1.00 e. The molecule has 6 nitrogen and oxygen atoms in total. The van der Waals surface area contributed by atoms with Crippen molar-refractivity contribution in [2.45, 2.75) is 12.3 Å². The third kappa shape index (κ3) is 5.02. The van der Waals surface area contributed by atoms with Crippen LogP contribution in [0.1, 0.15) is 11.6 Å². The minimum atomic E-state index is -0.169. The maximum absolute atomic E-state index is 12.6. The molecule has 3 aromatic heterocycles. The van der Waals surface area contributed by atoms with Gasteiger partial charge in [0.25, 0.3) is 5.56 Å². The third-order valence-corrected chi connectivity index (χ3v) is 5.94. The SMILES string of the molecule is NC(=NCc1ccco1)SCc1nc2scc(-c3ccc(Cl)cc3)c2c(=O)[nH]1.[Cl-]. The first-order valence-corrected chi connectivity index (χ1v) is 10.6. The summed E-state index contributed by atoms with van der Waals surface area (Å²) in [6.45, 7) is 0.379. The van der Waals surface area contributed by atoms with Gasteiger partial charge in [-0.2, -0.15) is 0 Å². The number of benzene rings is 1. The summed E-state index contributed by atoms with van der Waals surface area (Å²) in [6, 6.07) is 11.0. The Hall–Kier alpha value is -2.26. The standard InChI is InChI=1S/C19H15ClN4O2S2.ClH/c20-12-5-3-11(4-6-12)14-9-27-18-16(14)17(25)23-15(24-18)10-28-19(21)22-8-13-2-1-7-26-13;/h1-7,9H,8,10H2,(H2,21,22)(H,23,24,25);1H/p-1. The number of nitrogens with two attached hydrogens (primary N) is 1. The van der Waals surface area contributed by atoms with Crippen molar-refractivity contribution in [3.8, 4) is 11.1 Å². The summed E-state index contributed by atoms with van der Waals surface area (Å²) in [5.41, 5.74) is 7.54. The van der Waals surface area contributed by atoms with Crippen LogP contribution in [-0.4, -0.2) is 15.1 Å². The molecule has 0 unspecified atom stereocenters. The normalized spacial score (nSPS) is 11.6. The number of furan rings is 1. The molecule has 0 atom stereocenters. The molecule has 0 radical (unpaired) electrons. The molecule has 0 aliphatic rings. The average molecular weight is 466 g/mol. The van der Waals surface area contributed by atoms with Crippen LogP contribution in [0.4, 0.5) is 0 Å². The van der Waals surface area contributed by atoms with Crippen molar-refractivity contribution < 1.29 is 16.8 Å². The van der Waals surface area contributed by atoms with E-state index in [1.807, 2.05) is 23.6 Å². The Balaban J connectivity index is 0.00000240. The van der Waals surface area contributed by atoms with Gasteiger partial charge in [-0.15, -0.1) is 11.3 Å². The molecule has 0 aliphatic heterocycles. The van der Waals surface area contributed by atoms with Crippen molar-refractivity contribution in [2.75, 3.05) is 0 Å². The first kappa shape index (κ1) is 21.4. The van der Waals surface area contributed by atoms with E-state index in [0.29, 0.717) is 38.5 Å². The zero-order valence-corrected chi connectivity index (χ0v) is 18.0. The fourth-order valence-corrected chi connectivity index (χ4v) is 4.32. The number of aliphatic imine (C=N–C) groups is 1. The molecule has 29 heavy (non-hydrogen) atoms. The Morgan fingerprint density at radius 1 is 1.31 bits per heavy atom. The highest BCUT2D eigenvalue weighted by atomic mass is 35.5. The van der Waals surface area contributed by atoms with E-state index in [4.69, 9.17) is 21.8 Å². The largest absolute Gasteiger partial charge is 1.00 e. The molecule has 3 N–H and O–H groups in total. The number of nitrogens with zero attached hydrogens (tertiary/aromatic N) is 2. The Morgan fingerprint density at radius 2 is 2.10 bits per heavy atom. The number of H-pyrrole nitrogens is 1. The molecule has 0 saturated carbocycles. The van der Waals surface area contributed by atoms with Gasteiger partial charge in [-0.1, -0.05) is 35.5 Å². The van der Waals surface area contributed by atoms with E-state index in [2.05, 4.69) is 15.0 Å². The van der Waals surface area contributed by atoms with Gasteiger partial charge in [0.05, 0.1) is 23.9 Å². The molecule has 0 spiro atoms. The van der Waals surface area contributed by atoms with Gasteiger partial charge in [-0.25, -0.2) is 4.98 Å². The Morgan fingerprint density at radius 3 is 2.83 bits per heavy atom. The molecular formula is C19H15Cl2N4O2S2-. The monoisotopic (exact) mass is 465 g/mol. The zero-order chi connectivity index (χ0) is 19.5. The van der Waals surface area contributed by atoms with Crippen LogP contribution in [0.25, 0.3) is 21.3 Å². The van der Waals surface area contributed by atoms with Crippen LogP contribution in [0.5, 0.6) is 0 Å². The fourth-order valence-electron chi connectivity index (χ4n) is 2.65. The second-order valence-electron chi connectivity index (χ2n) is 5.87. The number of hydrogen-bond acceptors (Lipinski definition) is 6. The number of aromatic nitrogens is 2. The van der Waals surface area contributed by atoms with E-state index in [1.165, 1.54) is 23.1 Å². The van der Waals surface area contributed by atoms with Gasteiger partial charge in [0.2, 0.25) is 0 Å². The number of thiophene rings is 1. The zero-order valence-electron chi connectivity index (χ0n) is 14.9. The molecule has 0 aliphatic carbocycles. The number of thioether (sulfide) groups is 1. The second-order valence-corrected chi connectivity index (χ2v) is 8.16. The lowest BCUT2D eigenvalue weighted by Crippen LogP contribution is -3.00. The maximum Gasteiger partial charge on any atom is 0.260 e. The lowest BCUT2D eigenvalue weighted by molar-refractivity contribution is -0.00000614. The highest BCUT2D eigenvalue weighted by Crippen LogP contribution is 2.31. The van der Waals surface area contributed by atoms with Crippen molar-refractivity contribution in [1.29, 1.82) is 0 Å². The molecule has 4 aromatic rings.